The molecule has 1 aromatic heterocycles. The number of carbonyl (C=O) groups is 1. The van der Waals surface area contributed by atoms with Crippen molar-refractivity contribution in [3.8, 4) is 5.88 Å². The van der Waals surface area contributed by atoms with Crippen LogP contribution in [-0.4, -0.2) is 28.2 Å². The van der Waals surface area contributed by atoms with Crippen LogP contribution in [0.15, 0.2) is 12.1 Å². The number of hydrogen-bond donors (Lipinski definition) is 1. The van der Waals surface area contributed by atoms with Gasteiger partial charge in [-0.15, -0.1) is 0 Å². The van der Waals surface area contributed by atoms with Crippen LogP contribution >= 0.6 is 0 Å². The number of benzene rings is 1. The molecule has 0 aliphatic heterocycles. The lowest BCUT2D eigenvalue weighted by Crippen LogP contribution is -2.22. The molecule has 1 aromatic carbocycles. The molecule has 0 bridgehead atoms. The largest absolute Gasteiger partial charge is 0.493 e. The molecular formula is C18H22N2O3. The van der Waals surface area contributed by atoms with E-state index in [1.807, 2.05) is 12.1 Å². The van der Waals surface area contributed by atoms with Gasteiger partial charge in [-0.25, -0.2) is 4.98 Å². The summed E-state index contributed by atoms with van der Waals surface area (Å²) in [5.74, 6) is 0.940. The maximum atomic E-state index is 11.7. The third-order valence-corrected chi connectivity index (χ3v) is 4.88. The zero-order valence-electron chi connectivity index (χ0n) is 13.8. The molecule has 1 aliphatic rings. The van der Waals surface area contributed by atoms with Gasteiger partial charge in [-0.2, -0.15) is 4.98 Å². The van der Waals surface area contributed by atoms with E-state index in [2.05, 4.69) is 16.9 Å². The number of aromatic nitrogens is 2. The van der Waals surface area contributed by atoms with Crippen LogP contribution < -0.4 is 0 Å². The zero-order valence-corrected chi connectivity index (χ0v) is 13.8. The van der Waals surface area contributed by atoms with Crippen LogP contribution in [0.4, 0.5) is 0 Å². The van der Waals surface area contributed by atoms with Crippen molar-refractivity contribution in [1.82, 2.24) is 9.97 Å². The second kappa shape index (κ2) is 6.14. The van der Waals surface area contributed by atoms with Gasteiger partial charge >= 0.3 is 5.97 Å². The van der Waals surface area contributed by atoms with Crippen LogP contribution in [-0.2, 0) is 9.53 Å². The lowest BCUT2D eigenvalue weighted by molar-refractivity contribution is -0.146. The highest BCUT2D eigenvalue weighted by molar-refractivity contribution is 5.85. The van der Waals surface area contributed by atoms with E-state index in [0.29, 0.717) is 17.1 Å². The number of fused-ring (bicyclic) bond motifs is 1. The number of nitrogens with zero attached hydrogens (tertiary/aromatic N) is 2. The molecule has 0 saturated heterocycles. The van der Waals surface area contributed by atoms with Gasteiger partial charge in [0.1, 0.15) is 5.82 Å². The molecule has 3 rings (SSSR count). The number of methoxy groups -OCH3 is 1. The third kappa shape index (κ3) is 3.00. The van der Waals surface area contributed by atoms with Crippen LogP contribution in [0, 0.1) is 19.8 Å². The fourth-order valence-corrected chi connectivity index (χ4v) is 3.64. The lowest BCUT2D eigenvalue weighted by atomic mass is 9.77. The molecule has 0 atom stereocenters. The fourth-order valence-electron chi connectivity index (χ4n) is 3.64. The van der Waals surface area contributed by atoms with Crippen molar-refractivity contribution in [2.45, 2.75) is 45.4 Å². The van der Waals surface area contributed by atoms with Crippen molar-refractivity contribution >= 4 is 16.9 Å². The molecule has 5 nitrogen and oxygen atoms in total. The number of carbonyl (C=O) groups excluding carboxylic acids is 1. The Morgan fingerprint density at radius 3 is 2.52 bits per heavy atom. The van der Waals surface area contributed by atoms with Gasteiger partial charge in [-0.05, 0) is 68.7 Å². The van der Waals surface area contributed by atoms with Crippen molar-refractivity contribution in [2.24, 2.45) is 5.92 Å². The average Bonchev–Trinajstić information content (AvgIpc) is 2.53. The van der Waals surface area contributed by atoms with Crippen molar-refractivity contribution in [3.63, 3.8) is 0 Å². The summed E-state index contributed by atoms with van der Waals surface area (Å²) in [6.45, 7) is 3.85. The van der Waals surface area contributed by atoms with Gasteiger partial charge < -0.3 is 9.84 Å². The Bertz CT molecular complexity index is 750. The molecule has 122 valence electrons. The van der Waals surface area contributed by atoms with Crippen LogP contribution in [0.5, 0.6) is 5.88 Å². The molecule has 1 saturated carbocycles. The third-order valence-electron chi connectivity index (χ3n) is 4.88. The second-order valence-electron chi connectivity index (χ2n) is 6.39. The molecule has 0 radical (unpaired) electrons. The highest BCUT2D eigenvalue weighted by atomic mass is 16.5. The molecule has 23 heavy (non-hydrogen) atoms. The first-order valence-electron chi connectivity index (χ1n) is 8.05. The average molecular weight is 314 g/mol. The van der Waals surface area contributed by atoms with Crippen molar-refractivity contribution in [1.29, 1.82) is 0 Å². The molecule has 1 aliphatic carbocycles. The number of aromatic hydroxyl groups is 1. The molecule has 5 heteroatoms. The van der Waals surface area contributed by atoms with Crippen LogP contribution in [0.1, 0.15) is 48.6 Å². The summed E-state index contributed by atoms with van der Waals surface area (Å²) >= 11 is 0. The second-order valence-corrected chi connectivity index (χ2v) is 6.39. The minimum atomic E-state index is -0.0970. The van der Waals surface area contributed by atoms with Gasteiger partial charge in [-0.1, -0.05) is 0 Å². The zero-order chi connectivity index (χ0) is 16.6. The summed E-state index contributed by atoms with van der Waals surface area (Å²) in [6.07, 6.45) is 3.62. The van der Waals surface area contributed by atoms with E-state index < -0.39 is 0 Å². The monoisotopic (exact) mass is 314 g/mol. The number of hydrogen-bond acceptors (Lipinski definition) is 5. The Morgan fingerprint density at radius 2 is 1.87 bits per heavy atom. The maximum absolute atomic E-state index is 11.7. The maximum Gasteiger partial charge on any atom is 0.308 e. The van der Waals surface area contributed by atoms with E-state index in [4.69, 9.17) is 4.74 Å². The van der Waals surface area contributed by atoms with Gasteiger partial charge in [0.25, 0.3) is 0 Å². The summed E-state index contributed by atoms with van der Waals surface area (Å²) in [6, 6.07) is 4.04. The van der Waals surface area contributed by atoms with Gasteiger partial charge in [0, 0.05) is 0 Å². The van der Waals surface area contributed by atoms with E-state index in [0.717, 1.165) is 31.2 Å². The summed E-state index contributed by atoms with van der Waals surface area (Å²) in [5, 5.41) is 10.8. The Balaban J connectivity index is 1.89. The molecule has 1 heterocycles. The quantitative estimate of drug-likeness (QED) is 0.860. The van der Waals surface area contributed by atoms with Crippen molar-refractivity contribution in [2.75, 3.05) is 7.11 Å². The Labute approximate surface area is 135 Å². The Hall–Kier alpha value is -2.17. The summed E-state index contributed by atoms with van der Waals surface area (Å²) in [4.78, 5) is 20.1. The predicted molar refractivity (Wildman–Crippen MR) is 87.4 cm³/mol. The van der Waals surface area contributed by atoms with Crippen LogP contribution in [0.25, 0.3) is 10.9 Å². The molecule has 1 fully saturated rings. The minimum absolute atomic E-state index is 0.0244. The summed E-state index contributed by atoms with van der Waals surface area (Å²) in [7, 11) is 1.45. The molecule has 2 aromatic rings. The molecule has 0 spiro atoms. The highest BCUT2D eigenvalue weighted by Gasteiger charge is 2.28. The van der Waals surface area contributed by atoms with Gasteiger partial charge in [-0.3, -0.25) is 4.79 Å². The molecular weight excluding hydrogens is 292 g/mol. The Kier molecular flexibility index (Phi) is 4.20. The fraction of sp³-hybridized carbons (Fsp3) is 0.500. The normalized spacial score (nSPS) is 21.3. The van der Waals surface area contributed by atoms with Crippen LogP contribution in [0.2, 0.25) is 0 Å². The smallest absolute Gasteiger partial charge is 0.308 e. The van der Waals surface area contributed by atoms with E-state index in [1.54, 1.807) is 6.92 Å². The first kappa shape index (κ1) is 15.7. The van der Waals surface area contributed by atoms with E-state index in [9.17, 15) is 9.90 Å². The molecule has 0 amide bonds. The standard InChI is InChI=1S/C18H22N2O3/c1-10-8-16-15(17(21)20-11(2)19-16)9-14(10)12-4-6-13(7-5-12)18(22)23-3/h8-9,12-13H,4-7H2,1-3H3,(H,19,20,21)/t12-,13-. The van der Waals surface area contributed by atoms with Crippen molar-refractivity contribution in [3.05, 3.63) is 29.1 Å². The van der Waals surface area contributed by atoms with Gasteiger partial charge in [0.2, 0.25) is 5.88 Å². The predicted octanol–water partition coefficient (Wildman–Crippen LogP) is 3.40. The lowest BCUT2D eigenvalue weighted by Gasteiger charge is -2.28. The summed E-state index contributed by atoms with van der Waals surface area (Å²) in [5.41, 5.74) is 3.18. The van der Waals surface area contributed by atoms with Gasteiger partial charge in [0.05, 0.1) is 23.9 Å². The highest BCUT2D eigenvalue weighted by Crippen LogP contribution is 2.39. The molecule has 0 unspecified atom stereocenters. The first-order valence-corrected chi connectivity index (χ1v) is 8.05. The Morgan fingerprint density at radius 1 is 1.17 bits per heavy atom. The minimum Gasteiger partial charge on any atom is -0.493 e. The SMILES string of the molecule is COC(=O)[C@H]1CC[C@H](c2cc3c(O)nc(C)nc3cc2C)CC1. The number of esters is 1. The number of rotatable bonds is 2. The van der Waals surface area contributed by atoms with Crippen LogP contribution in [0.3, 0.4) is 0 Å². The van der Waals surface area contributed by atoms with E-state index >= 15 is 0 Å². The van der Waals surface area contributed by atoms with E-state index in [-0.39, 0.29) is 17.8 Å². The van der Waals surface area contributed by atoms with E-state index in [1.165, 1.54) is 18.2 Å². The van der Waals surface area contributed by atoms with Crippen molar-refractivity contribution < 1.29 is 14.6 Å². The van der Waals surface area contributed by atoms with Gasteiger partial charge in [0.15, 0.2) is 0 Å². The topological polar surface area (TPSA) is 72.3 Å². The first-order chi connectivity index (χ1) is 11.0. The summed E-state index contributed by atoms with van der Waals surface area (Å²) < 4.78 is 4.85. The number of ether oxygens (including phenoxy) is 1. The molecule has 1 N–H and O–H groups in total. The number of aryl methyl sites for hydroxylation is 2.